The van der Waals surface area contributed by atoms with Gasteiger partial charge in [-0.1, -0.05) is 6.92 Å². The van der Waals surface area contributed by atoms with Gasteiger partial charge in [0.25, 0.3) is 0 Å². The molecule has 3 nitrogen and oxygen atoms in total. The second-order valence-electron chi connectivity index (χ2n) is 2.43. The van der Waals surface area contributed by atoms with Gasteiger partial charge in [0.15, 0.2) is 0 Å². The Balaban J connectivity index is 2.12. The van der Waals surface area contributed by atoms with E-state index >= 15 is 0 Å². The number of carbonyl (C=O) groups is 1. The van der Waals surface area contributed by atoms with Gasteiger partial charge in [-0.15, -0.1) is 0 Å². The lowest BCUT2D eigenvalue weighted by Gasteiger charge is -1.97. The van der Waals surface area contributed by atoms with Crippen LogP contribution in [-0.4, -0.2) is 18.0 Å². The van der Waals surface area contributed by atoms with Gasteiger partial charge in [0.05, 0.1) is 0 Å². The van der Waals surface area contributed by atoms with Crippen LogP contribution < -0.4 is 11.1 Å². The van der Waals surface area contributed by atoms with E-state index in [2.05, 4.69) is 5.32 Å². The van der Waals surface area contributed by atoms with Crippen molar-refractivity contribution in [2.45, 2.75) is 31.8 Å². The van der Waals surface area contributed by atoms with Gasteiger partial charge in [0.2, 0.25) is 5.91 Å². The van der Waals surface area contributed by atoms with Crippen LogP contribution in [0.25, 0.3) is 0 Å². The number of amides is 1. The van der Waals surface area contributed by atoms with Gasteiger partial charge < -0.3 is 11.1 Å². The highest BCUT2D eigenvalue weighted by atomic mass is 16.1. The molecule has 0 aromatic heterocycles. The maximum absolute atomic E-state index is 10.6. The second-order valence-corrected chi connectivity index (χ2v) is 2.43. The highest BCUT2D eigenvalue weighted by Gasteiger charge is 2.34. The Kier molecular flexibility index (Phi) is 1.71. The predicted molar refractivity (Wildman–Crippen MR) is 34.8 cm³/mol. The summed E-state index contributed by atoms with van der Waals surface area (Å²) in [7, 11) is 0. The van der Waals surface area contributed by atoms with Gasteiger partial charge in [-0.05, 0) is 6.42 Å². The van der Waals surface area contributed by atoms with Crippen molar-refractivity contribution in [3.8, 4) is 0 Å². The first kappa shape index (κ1) is 6.55. The van der Waals surface area contributed by atoms with Crippen LogP contribution in [0.4, 0.5) is 0 Å². The lowest BCUT2D eigenvalue weighted by atomic mass is 10.4. The minimum Gasteiger partial charge on any atom is -0.352 e. The van der Waals surface area contributed by atoms with Crippen LogP contribution >= 0.6 is 0 Å². The van der Waals surface area contributed by atoms with E-state index in [9.17, 15) is 4.79 Å². The molecule has 0 spiro atoms. The number of nitrogens with two attached hydrogens (primary N) is 1. The average molecular weight is 128 g/mol. The first-order chi connectivity index (χ1) is 4.24. The Labute approximate surface area is 54.6 Å². The van der Waals surface area contributed by atoms with Crippen molar-refractivity contribution in [3.63, 3.8) is 0 Å². The molecule has 0 heterocycles. The third-order valence-corrected chi connectivity index (χ3v) is 1.51. The summed E-state index contributed by atoms with van der Waals surface area (Å²) in [4.78, 5) is 10.6. The number of carbonyl (C=O) groups excluding carboxylic acids is 1. The zero-order valence-corrected chi connectivity index (χ0v) is 5.55. The lowest BCUT2D eigenvalue weighted by Crippen LogP contribution is -2.28. The maximum atomic E-state index is 10.6. The molecule has 0 aliphatic heterocycles. The normalized spacial score (nSPS) is 31.8. The maximum Gasteiger partial charge on any atom is 0.219 e. The third kappa shape index (κ3) is 1.68. The molecule has 1 amide bonds. The summed E-state index contributed by atoms with van der Waals surface area (Å²) in [6, 6.07) is 0.498. The summed E-state index contributed by atoms with van der Waals surface area (Å²) in [5.41, 5.74) is 5.45. The Hall–Kier alpha value is -0.570. The van der Waals surface area contributed by atoms with Gasteiger partial charge in [-0.2, -0.15) is 0 Å². The fourth-order valence-corrected chi connectivity index (χ4v) is 0.689. The monoisotopic (exact) mass is 128 g/mol. The summed E-state index contributed by atoms with van der Waals surface area (Å²) >= 11 is 0. The smallest absolute Gasteiger partial charge is 0.219 e. The topological polar surface area (TPSA) is 55.1 Å². The minimum atomic E-state index is 0.105. The van der Waals surface area contributed by atoms with Crippen molar-refractivity contribution in [1.29, 1.82) is 0 Å². The van der Waals surface area contributed by atoms with Crippen molar-refractivity contribution < 1.29 is 4.79 Å². The van der Waals surface area contributed by atoms with Crippen LogP contribution in [0.3, 0.4) is 0 Å². The molecule has 0 radical (unpaired) electrons. The van der Waals surface area contributed by atoms with E-state index in [1.54, 1.807) is 0 Å². The largest absolute Gasteiger partial charge is 0.352 e. The van der Waals surface area contributed by atoms with Crippen LogP contribution in [-0.2, 0) is 4.79 Å². The molecular formula is C6H12N2O. The van der Waals surface area contributed by atoms with Crippen LogP contribution in [0.15, 0.2) is 0 Å². The SMILES string of the molecule is CCC(=O)NC1C[C@H]1N. The Bertz CT molecular complexity index is 124. The standard InChI is InChI=1S/C6H12N2O/c1-2-6(9)8-5-3-4(5)7/h4-5H,2-3,7H2,1H3,(H,8,9)/t4-,5?/m1/s1. The van der Waals surface area contributed by atoms with E-state index < -0.39 is 0 Å². The molecular weight excluding hydrogens is 116 g/mol. The molecule has 2 atom stereocenters. The Morgan fingerprint density at radius 1 is 1.89 bits per heavy atom. The van der Waals surface area contributed by atoms with Crippen LogP contribution in [0.5, 0.6) is 0 Å². The molecule has 1 aliphatic carbocycles. The first-order valence-corrected chi connectivity index (χ1v) is 3.29. The highest BCUT2D eigenvalue weighted by molar-refractivity contribution is 5.76. The van der Waals surface area contributed by atoms with Crippen molar-refractivity contribution in [1.82, 2.24) is 5.32 Å². The van der Waals surface area contributed by atoms with E-state index in [-0.39, 0.29) is 18.0 Å². The lowest BCUT2D eigenvalue weighted by molar-refractivity contribution is -0.120. The fourth-order valence-electron chi connectivity index (χ4n) is 0.689. The van der Waals surface area contributed by atoms with Gasteiger partial charge in [-0.3, -0.25) is 4.79 Å². The van der Waals surface area contributed by atoms with Crippen molar-refractivity contribution in [3.05, 3.63) is 0 Å². The highest BCUT2D eigenvalue weighted by Crippen LogP contribution is 2.17. The predicted octanol–water partition coefficient (Wildman–Crippen LogP) is -0.388. The molecule has 3 heteroatoms. The van der Waals surface area contributed by atoms with E-state index in [0.29, 0.717) is 6.42 Å². The molecule has 0 aromatic carbocycles. The zero-order valence-electron chi connectivity index (χ0n) is 5.55. The third-order valence-electron chi connectivity index (χ3n) is 1.51. The Morgan fingerprint density at radius 2 is 2.44 bits per heavy atom. The molecule has 1 unspecified atom stereocenters. The summed E-state index contributed by atoms with van der Waals surface area (Å²) in [6.07, 6.45) is 1.51. The average Bonchev–Trinajstić information content (AvgIpc) is 2.47. The van der Waals surface area contributed by atoms with E-state index in [1.807, 2.05) is 6.92 Å². The zero-order chi connectivity index (χ0) is 6.85. The second kappa shape index (κ2) is 2.35. The van der Waals surface area contributed by atoms with Gasteiger partial charge in [0.1, 0.15) is 0 Å². The van der Waals surface area contributed by atoms with E-state index in [0.717, 1.165) is 6.42 Å². The minimum absolute atomic E-state index is 0.105. The quantitative estimate of drug-likeness (QED) is 0.532. The molecule has 0 bridgehead atoms. The molecule has 9 heavy (non-hydrogen) atoms. The molecule has 0 aromatic rings. The van der Waals surface area contributed by atoms with Gasteiger partial charge in [0, 0.05) is 18.5 Å². The summed E-state index contributed by atoms with van der Waals surface area (Å²) in [5, 5.41) is 2.79. The van der Waals surface area contributed by atoms with Crippen molar-refractivity contribution in [2.75, 3.05) is 0 Å². The summed E-state index contributed by atoms with van der Waals surface area (Å²) in [6.45, 7) is 1.84. The molecule has 0 saturated heterocycles. The molecule has 1 rings (SSSR count). The number of rotatable bonds is 2. The Morgan fingerprint density at radius 3 is 2.78 bits per heavy atom. The molecule has 3 N–H and O–H groups in total. The number of hydrogen-bond acceptors (Lipinski definition) is 2. The fraction of sp³-hybridized carbons (Fsp3) is 0.833. The molecule has 52 valence electrons. The van der Waals surface area contributed by atoms with Crippen molar-refractivity contribution in [2.24, 2.45) is 5.73 Å². The molecule has 1 fully saturated rings. The molecule has 1 aliphatic rings. The van der Waals surface area contributed by atoms with Crippen LogP contribution in [0.2, 0.25) is 0 Å². The van der Waals surface area contributed by atoms with E-state index in [4.69, 9.17) is 5.73 Å². The summed E-state index contributed by atoms with van der Waals surface area (Å²) < 4.78 is 0. The van der Waals surface area contributed by atoms with Crippen LogP contribution in [0, 0.1) is 0 Å². The van der Waals surface area contributed by atoms with Crippen molar-refractivity contribution >= 4 is 5.91 Å². The van der Waals surface area contributed by atoms with E-state index in [1.165, 1.54) is 0 Å². The summed E-state index contributed by atoms with van der Waals surface area (Å²) in [5.74, 6) is 0.105. The molecule has 1 saturated carbocycles. The van der Waals surface area contributed by atoms with Gasteiger partial charge in [-0.25, -0.2) is 0 Å². The number of nitrogens with one attached hydrogen (secondary N) is 1. The van der Waals surface area contributed by atoms with Gasteiger partial charge >= 0.3 is 0 Å². The van der Waals surface area contributed by atoms with Crippen LogP contribution in [0.1, 0.15) is 19.8 Å². The number of hydrogen-bond donors (Lipinski definition) is 2. The first-order valence-electron chi connectivity index (χ1n) is 3.29.